The number of aromatic amines is 1. The molecule has 4 rings (SSSR count). The Kier molecular flexibility index (Phi) is 16.2. The zero-order chi connectivity index (χ0) is 27.4. The van der Waals surface area contributed by atoms with Gasteiger partial charge in [0.1, 0.15) is 0 Å². The molecule has 1 N–H and O–H groups in total. The Labute approximate surface area is 276 Å². The molecule has 38 heavy (non-hydrogen) atoms. The van der Waals surface area contributed by atoms with Crippen molar-refractivity contribution in [2.45, 2.75) is 20.4 Å². The Hall–Kier alpha value is -1.63. The fourth-order valence-electron chi connectivity index (χ4n) is 3.02. The summed E-state index contributed by atoms with van der Waals surface area (Å²) in [5, 5.41) is 0. The minimum absolute atomic E-state index is 0. The van der Waals surface area contributed by atoms with E-state index in [-0.39, 0.29) is 31.0 Å². The van der Waals surface area contributed by atoms with E-state index in [1.54, 1.807) is 73.2 Å². The molecule has 2 heterocycles. The molecule has 0 atom stereocenters. The van der Waals surface area contributed by atoms with Crippen molar-refractivity contribution in [2.24, 2.45) is 0 Å². The first kappa shape index (κ1) is 34.4. The standard InChI is InChI=1S/C14H12BrNO2.C12H8BrNO2.C2H5I.Na.H/c1-2-16-7-6-11(9-16)14(18)13(17)10-4-3-5-12(15)8-10;13-10-3-1-2-8(6-10)11(15)12(16)9-4-5-14-7-9;1-2-3;;/h3-9H,2H2,1H3;1-7,14H;2H2,1H3;;/q;;;+1;-1. The average molecular weight is 764 g/mol. The predicted octanol–water partition coefficient (Wildman–Crippen LogP) is 4.74. The molecule has 0 unspecified atom stereocenters. The maximum Gasteiger partial charge on any atom is 1.00 e. The Balaban J connectivity index is 0.000000646. The molecular formula is C28H26Br2IN2NaO4. The van der Waals surface area contributed by atoms with E-state index in [1.165, 1.54) is 10.6 Å². The maximum atomic E-state index is 12.0. The third-order valence-corrected chi connectivity index (χ3v) is 5.81. The normalized spacial score (nSPS) is 9.61. The Morgan fingerprint density at radius 3 is 1.66 bits per heavy atom. The van der Waals surface area contributed by atoms with E-state index in [2.05, 4.69) is 66.4 Å². The summed E-state index contributed by atoms with van der Waals surface area (Å²) in [7, 11) is 0. The number of hydrogen-bond acceptors (Lipinski definition) is 4. The van der Waals surface area contributed by atoms with Crippen LogP contribution in [0.1, 0.15) is 56.7 Å². The van der Waals surface area contributed by atoms with Crippen LogP contribution >= 0.6 is 54.5 Å². The molecule has 2 aromatic heterocycles. The van der Waals surface area contributed by atoms with E-state index in [9.17, 15) is 19.2 Å². The summed E-state index contributed by atoms with van der Waals surface area (Å²) < 4.78 is 4.65. The number of carbonyl (C=O) groups excluding carboxylic acids is 4. The van der Waals surface area contributed by atoms with Crippen LogP contribution in [0.2, 0.25) is 0 Å². The number of rotatable bonds is 7. The van der Waals surface area contributed by atoms with Gasteiger partial charge in [0.2, 0.25) is 23.1 Å². The van der Waals surface area contributed by atoms with Crippen molar-refractivity contribution in [2.75, 3.05) is 4.43 Å². The number of nitrogens with zero attached hydrogens (tertiary/aromatic N) is 1. The monoisotopic (exact) mass is 762 g/mol. The third-order valence-electron chi connectivity index (χ3n) is 4.82. The summed E-state index contributed by atoms with van der Waals surface area (Å²) in [6.45, 7) is 4.86. The van der Waals surface area contributed by atoms with Gasteiger partial charge in [-0.15, -0.1) is 0 Å². The summed E-state index contributed by atoms with van der Waals surface area (Å²) in [4.78, 5) is 50.3. The van der Waals surface area contributed by atoms with Crippen LogP contribution < -0.4 is 29.6 Å². The van der Waals surface area contributed by atoms with Crippen LogP contribution in [0.15, 0.2) is 94.4 Å². The van der Waals surface area contributed by atoms with Gasteiger partial charge in [-0.1, -0.05) is 85.6 Å². The van der Waals surface area contributed by atoms with Crippen molar-refractivity contribution in [3.8, 4) is 0 Å². The molecule has 4 aromatic rings. The molecule has 0 amide bonds. The molecule has 0 saturated carbocycles. The van der Waals surface area contributed by atoms with Gasteiger partial charge in [-0.3, -0.25) is 19.2 Å². The third kappa shape index (κ3) is 10.5. The zero-order valence-electron chi connectivity index (χ0n) is 22.2. The number of halogens is 3. The molecule has 0 aliphatic heterocycles. The summed E-state index contributed by atoms with van der Waals surface area (Å²) in [5.41, 5.74) is 1.60. The largest absolute Gasteiger partial charge is 1.00 e. The molecule has 0 bridgehead atoms. The van der Waals surface area contributed by atoms with Crippen molar-refractivity contribution in [3.05, 3.63) is 117 Å². The molecular weight excluding hydrogens is 738 g/mol. The number of ketones is 4. The van der Waals surface area contributed by atoms with Crippen LogP contribution in [-0.2, 0) is 6.54 Å². The van der Waals surface area contributed by atoms with Gasteiger partial charge in [0.25, 0.3) is 0 Å². The van der Waals surface area contributed by atoms with Crippen LogP contribution in [0, 0.1) is 0 Å². The van der Waals surface area contributed by atoms with Crippen LogP contribution in [0.5, 0.6) is 0 Å². The minimum atomic E-state index is -0.501. The number of Topliss-reactive ketones (excluding diaryl/α,β-unsaturated/α-hetero) is 4. The van der Waals surface area contributed by atoms with E-state index < -0.39 is 23.1 Å². The topological polar surface area (TPSA) is 89.0 Å². The van der Waals surface area contributed by atoms with Crippen LogP contribution in [0.3, 0.4) is 0 Å². The number of nitrogens with one attached hydrogen (secondary N) is 1. The maximum absolute atomic E-state index is 12.0. The number of aromatic nitrogens is 2. The molecule has 0 radical (unpaired) electrons. The van der Waals surface area contributed by atoms with Gasteiger partial charge < -0.3 is 11.0 Å². The van der Waals surface area contributed by atoms with Crippen LogP contribution in [0.25, 0.3) is 0 Å². The molecule has 10 heteroatoms. The first-order chi connectivity index (χ1) is 17.7. The first-order valence-corrected chi connectivity index (χ1v) is 14.4. The second-order valence-corrected chi connectivity index (χ2v) is 10.8. The van der Waals surface area contributed by atoms with E-state index in [0.717, 1.165) is 15.5 Å². The molecule has 0 fully saturated rings. The van der Waals surface area contributed by atoms with E-state index in [1.807, 2.05) is 17.6 Å². The van der Waals surface area contributed by atoms with Crippen molar-refractivity contribution in [3.63, 3.8) is 0 Å². The van der Waals surface area contributed by atoms with Gasteiger partial charge in [-0.25, -0.2) is 0 Å². The van der Waals surface area contributed by atoms with Gasteiger partial charge >= 0.3 is 29.6 Å². The van der Waals surface area contributed by atoms with Gasteiger partial charge in [0.05, 0.1) is 0 Å². The Morgan fingerprint density at radius 2 is 1.26 bits per heavy atom. The van der Waals surface area contributed by atoms with E-state index in [4.69, 9.17) is 0 Å². The number of H-pyrrole nitrogens is 1. The average Bonchev–Trinajstić information content (AvgIpc) is 3.60. The molecule has 6 nitrogen and oxygen atoms in total. The van der Waals surface area contributed by atoms with Crippen LogP contribution in [-0.4, -0.2) is 37.1 Å². The first-order valence-electron chi connectivity index (χ1n) is 11.3. The summed E-state index contributed by atoms with van der Waals surface area (Å²) in [6, 6.07) is 16.9. The number of hydrogen-bond donors (Lipinski definition) is 1. The summed E-state index contributed by atoms with van der Waals surface area (Å²) in [6.07, 6.45) is 6.61. The number of benzene rings is 2. The number of carbonyl (C=O) groups is 4. The second kappa shape index (κ2) is 17.9. The van der Waals surface area contributed by atoms with Gasteiger partial charge in [0, 0.05) is 62.5 Å². The molecule has 194 valence electrons. The quantitative estimate of drug-likeness (QED) is 0.0970. The van der Waals surface area contributed by atoms with Crippen molar-refractivity contribution in [1.29, 1.82) is 0 Å². The molecule has 0 aliphatic carbocycles. The van der Waals surface area contributed by atoms with Gasteiger partial charge in [-0.05, 0) is 47.7 Å². The summed E-state index contributed by atoms with van der Waals surface area (Å²) in [5.74, 6) is -1.95. The van der Waals surface area contributed by atoms with Crippen molar-refractivity contribution < 1.29 is 50.2 Å². The Bertz CT molecular complexity index is 1380. The van der Waals surface area contributed by atoms with Gasteiger partial charge in [0.15, 0.2) is 0 Å². The van der Waals surface area contributed by atoms with E-state index >= 15 is 0 Å². The fourth-order valence-corrected chi connectivity index (χ4v) is 3.82. The van der Waals surface area contributed by atoms with Crippen molar-refractivity contribution in [1.82, 2.24) is 9.55 Å². The number of alkyl halides is 1. The molecule has 0 saturated heterocycles. The minimum Gasteiger partial charge on any atom is -1.00 e. The van der Waals surface area contributed by atoms with Crippen molar-refractivity contribution >= 4 is 77.6 Å². The number of aryl methyl sites for hydroxylation is 1. The molecule has 0 spiro atoms. The fraction of sp³-hybridized carbons (Fsp3) is 0.143. The molecule has 0 aliphatic rings. The Morgan fingerprint density at radius 1 is 0.789 bits per heavy atom. The summed E-state index contributed by atoms with van der Waals surface area (Å²) >= 11 is 8.83. The van der Waals surface area contributed by atoms with Gasteiger partial charge in [-0.2, -0.15) is 0 Å². The smallest absolute Gasteiger partial charge is 1.00 e. The SMILES string of the molecule is CCI.CCn1ccc(C(=O)C(=O)c2cccc(Br)c2)c1.O=C(C(=O)c1cccc(Br)c1)c1cc[nH]c1.[H-].[Na+]. The second-order valence-electron chi connectivity index (χ2n) is 7.43. The zero-order valence-corrected chi connectivity index (χ0v) is 28.5. The predicted molar refractivity (Wildman–Crippen MR) is 162 cm³/mol. The van der Waals surface area contributed by atoms with E-state index in [0.29, 0.717) is 22.3 Å². The molecule has 2 aromatic carbocycles. The van der Waals surface area contributed by atoms with Crippen LogP contribution in [0.4, 0.5) is 0 Å².